The number of morpholine rings is 1. The minimum absolute atomic E-state index is 0.145. The summed E-state index contributed by atoms with van der Waals surface area (Å²) in [5.41, 5.74) is 1.73. The van der Waals surface area contributed by atoms with E-state index in [2.05, 4.69) is 27.0 Å². The molecule has 2 heterocycles. The van der Waals surface area contributed by atoms with Gasteiger partial charge in [-0.25, -0.2) is 0 Å². The predicted molar refractivity (Wildman–Crippen MR) is 98.2 cm³/mol. The maximum absolute atomic E-state index is 12.4. The van der Waals surface area contributed by atoms with Crippen LogP contribution in [0.15, 0.2) is 35.0 Å². The molecule has 0 radical (unpaired) electrons. The van der Waals surface area contributed by atoms with Gasteiger partial charge in [0.1, 0.15) is 0 Å². The van der Waals surface area contributed by atoms with Crippen molar-refractivity contribution in [3.63, 3.8) is 0 Å². The van der Waals surface area contributed by atoms with E-state index < -0.39 is 0 Å². The summed E-state index contributed by atoms with van der Waals surface area (Å²) in [5, 5.41) is 8.03. The Bertz CT molecular complexity index is 688. The van der Waals surface area contributed by atoms with Crippen LogP contribution in [-0.2, 0) is 4.74 Å². The SMILES string of the molecule is O=C(NC[C@H](c1ccsc1)N1CCOCC1)c1ccc(Cl)c(Cl)c1. The molecule has 7 heteroatoms. The number of carbonyl (C=O) groups excluding carboxylic acids is 1. The smallest absolute Gasteiger partial charge is 0.251 e. The second kappa shape index (κ2) is 8.32. The maximum Gasteiger partial charge on any atom is 0.251 e. The summed E-state index contributed by atoms with van der Waals surface area (Å²) >= 11 is 13.6. The molecule has 1 saturated heterocycles. The zero-order valence-electron chi connectivity index (χ0n) is 13.0. The van der Waals surface area contributed by atoms with Crippen LogP contribution in [0.2, 0.25) is 10.0 Å². The highest BCUT2D eigenvalue weighted by atomic mass is 35.5. The molecule has 1 aliphatic heterocycles. The number of hydrogen-bond donors (Lipinski definition) is 1. The van der Waals surface area contributed by atoms with Gasteiger partial charge in [-0.3, -0.25) is 9.69 Å². The van der Waals surface area contributed by atoms with Crippen molar-refractivity contribution in [2.45, 2.75) is 6.04 Å². The molecule has 1 aromatic heterocycles. The van der Waals surface area contributed by atoms with E-state index in [0.29, 0.717) is 22.2 Å². The Morgan fingerprint density at radius 1 is 1.25 bits per heavy atom. The van der Waals surface area contributed by atoms with Crippen LogP contribution in [0, 0.1) is 0 Å². The van der Waals surface area contributed by atoms with Crippen LogP contribution < -0.4 is 5.32 Å². The van der Waals surface area contributed by atoms with E-state index in [4.69, 9.17) is 27.9 Å². The average Bonchev–Trinajstić information content (AvgIpc) is 3.12. The van der Waals surface area contributed by atoms with E-state index in [1.54, 1.807) is 29.5 Å². The minimum atomic E-state index is -0.151. The van der Waals surface area contributed by atoms with Gasteiger partial charge in [0.25, 0.3) is 5.91 Å². The van der Waals surface area contributed by atoms with E-state index in [-0.39, 0.29) is 11.9 Å². The standard InChI is InChI=1S/C17H18Cl2N2O2S/c18-14-2-1-12(9-15(14)19)17(22)20-10-16(13-3-8-24-11-13)21-4-6-23-7-5-21/h1-3,8-9,11,16H,4-7,10H2,(H,20,22)/t16-/m1/s1. The summed E-state index contributed by atoms with van der Waals surface area (Å²) in [4.78, 5) is 14.8. The molecule has 4 nitrogen and oxygen atoms in total. The van der Waals surface area contributed by atoms with Gasteiger partial charge < -0.3 is 10.1 Å². The lowest BCUT2D eigenvalue weighted by molar-refractivity contribution is 0.0163. The van der Waals surface area contributed by atoms with Gasteiger partial charge in [-0.05, 0) is 40.6 Å². The summed E-state index contributed by atoms with van der Waals surface area (Å²) in [7, 11) is 0. The highest BCUT2D eigenvalue weighted by molar-refractivity contribution is 7.08. The molecule has 0 bridgehead atoms. The number of hydrogen-bond acceptors (Lipinski definition) is 4. The lowest BCUT2D eigenvalue weighted by Gasteiger charge is -2.34. The van der Waals surface area contributed by atoms with Crippen LogP contribution in [0.1, 0.15) is 22.0 Å². The molecule has 0 aliphatic carbocycles. The number of thiophene rings is 1. The first-order valence-corrected chi connectivity index (χ1v) is 9.42. The number of rotatable bonds is 5. The van der Waals surface area contributed by atoms with Gasteiger partial charge in [0.15, 0.2) is 0 Å². The zero-order valence-corrected chi connectivity index (χ0v) is 15.3. The third-order valence-electron chi connectivity index (χ3n) is 4.05. The largest absolute Gasteiger partial charge is 0.379 e. The molecule has 0 unspecified atom stereocenters. The van der Waals surface area contributed by atoms with Crippen molar-refractivity contribution in [2.24, 2.45) is 0 Å². The topological polar surface area (TPSA) is 41.6 Å². The second-order valence-corrected chi connectivity index (χ2v) is 7.15. The molecular formula is C17H18Cl2N2O2S. The molecule has 24 heavy (non-hydrogen) atoms. The van der Waals surface area contributed by atoms with Gasteiger partial charge in [-0.1, -0.05) is 23.2 Å². The Labute approximate surface area is 155 Å². The fraction of sp³-hybridized carbons (Fsp3) is 0.353. The van der Waals surface area contributed by atoms with Gasteiger partial charge in [-0.2, -0.15) is 11.3 Å². The summed E-state index contributed by atoms with van der Waals surface area (Å²) in [6, 6.07) is 7.16. The van der Waals surface area contributed by atoms with Crippen molar-refractivity contribution in [2.75, 3.05) is 32.8 Å². The lowest BCUT2D eigenvalue weighted by atomic mass is 10.1. The first-order chi connectivity index (χ1) is 11.6. The highest BCUT2D eigenvalue weighted by Crippen LogP contribution is 2.25. The molecule has 1 aromatic carbocycles. The Hall–Kier alpha value is -1.11. The Kier molecular flexibility index (Phi) is 6.14. The van der Waals surface area contributed by atoms with Crippen molar-refractivity contribution >= 4 is 40.4 Å². The number of nitrogens with one attached hydrogen (secondary N) is 1. The maximum atomic E-state index is 12.4. The molecule has 1 amide bonds. The van der Waals surface area contributed by atoms with Gasteiger partial charge in [0, 0.05) is 25.2 Å². The van der Waals surface area contributed by atoms with E-state index in [1.807, 2.05) is 0 Å². The number of carbonyl (C=O) groups is 1. The lowest BCUT2D eigenvalue weighted by Crippen LogP contribution is -2.43. The molecule has 0 saturated carbocycles. The fourth-order valence-electron chi connectivity index (χ4n) is 2.74. The molecule has 0 spiro atoms. The van der Waals surface area contributed by atoms with E-state index in [1.165, 1.54) is 5.56 Å². The second-order valence-electron chi connectivity index (χ2n) is 5.56. The molecule has 2 aromatic rings. The predicted octanol–water partition coefficient (Wildman–Crippen LogP) is 3.86. The van der Waals surface area contributed by atoms with Crippen molar-refractivity contribution < 1.29 is 9.53 Å². The van der Waals surface area contributed by atoms with Crippen molar-refractivity contribution in [3.05, 3.63) is 56.2 Å². The monoisotopic (exact) mass is 384 g/mol. The molecular weight excluding hydrogens is 367 g/mol. The Balaban J connectivity index is 1.68. The number of halogens is 2. The number of ether oxygens (including phenoxy) is 1. The summed E-state index contributed by atoms with van der Waals surface area (Å²) in [5.74, 6) is -0.151. The number of amides is 1. The van der Waals surface area contributed by atoms with Crippen molar-refractivity contribution in [1.82, 2.24) is 10.2 Å². The van der Waals surface area contributed by atoms with Crippen molar-refractivity contribution in [3.8, 4) is 0 Å². The number of nitrogens with zero attached hydrogens (tertiary/aromatic N) is 1. The minimum Gasteiger partial charge on any atom is -0.379 e. The van der Waals surface area contributed by atoms with Crippen LogP contribution in [0.3, 0.4) is 0 Å². The van der Waals surface area contributed by atoms with Crippen molar-refractivity contribution in [1.29, 1.82) is 0 Å². The van der Waals surface area contributed by atoms with E-state index in [9.17, 15) is 4.79 Å². The molecule has 1 atom stereocenters. The molecule has 1 N–H and O–H groups in total. The zero-order chi connectivity index (χ0) is 16.9. The van der Waals surface area contributed by atoms with Crippen LogP contribution in [0.25, 0.3) is 0 Å². The third kappa shape index (κ3) is 4.29. The first kappa shape index (κ1) is 17.7. The average molecular weight is 385 g/mol. The Morgan fingerprint density at radius 2 is 2.04 bits per heavy atom. The summed E-state index contributed by atoms with van der Waals surface area (Å²) in [6.07, 6.45) is 0. The Morgan fingerprint density at radius 3 is 2.71 bits per heavy atom. The van der Waals surface area contributed by atoms with E-state index in [0.717, 1.165) is 26.3 Å². The van der Waals surface area contributed by atoms with Crippen LogP contribution >= 0.6 is 34.5 Å². The summed E-state index contributed by atoms with van der Waals surface area (Å²) in [6.45, 7) is 3.71. The van der Waals surface area contributed by atoms with Gasteiger partial charge in [0.2, 0.25) is 0 Å². The normalized spacial score (nSPS) is 16.8. The highest BCUT2D eigenvalue weighted by Gasteiger charge is 2.23. The molecule has 3 rings (SSSR count). The van der Waals surface area contributed by atoms with Gasteiger partial charge in [0.05, 0.1) is 29.3 Å². The van der Waals surface area contributed by atoms with Gasteiger partial charge >= 0.3 is 0 Å². The third-order valence-corrected chi connectivity index (χ3v) is 5.49. The molecule has 1 aliphatic rings. The number of benzene rings is 1. The van der Waals surface area contributed by atoms with Gasteiger partial charge in [-0.15, -0.1) is 0 Å². The summed E-state index contributed by atoms with van der Waals surface area (Å²) < 4.78 is 5.43. The van der Waals surface area contributed by atoms with Crippen LogP contribution in [0.4, 0.5) is 0 Å². The fourth-order valence-corrected chi connectivity index (χ4v) is 3.75. The molecule has 1 fully saturated rings. The van der Waals surface area contributed by atoms with E-state index >= 15 is 0 Å². The molecule has 128 valence electrons. The van der Waals surface area contributed by atoms with Crippen LogP contribution in [-0.4, -0.2) is 43.7 Å². The van der Waals surface area contributed by atoms with Crippen LogP contribution in [0.5, 0.6) is 0 Å². The first-order valence-electron chi connectivity index (χ1n) is 7.72. The quantitative estimate of drug-likeness (QED) is 0.850.